The topological polar surface area (TPSA) is 54.7 Å². The Morgan fingerprint density at radius 3 is 3.07 bits per heavy atom. The molecule has 0 aliphatic carbocycles. The van der Waals surface area contributed by atoms with Crippen molar-refractivity contribution in [3.63, 3.8) is 0 Å². The number of aryl methyl sites for hydroxylation is 1. The van der Waals surface area contributed by atoms with Gasteiger partial charge in [0.05, 0.1) is 11.7 Å². The molecular formula is C11H9N3O. The molecule has 2 heterocycles. The highest BCUT2D eigenvalue weighted by Gasteiger charge is 2.05. The molecule has 4 nitrogen and oxygen atoms in total. The van der Waals surface area contributed by atoms with Crippen LogP contribution in [0, 0.1) is 6.92 Å². The van der Waals surface area contributed by atoms with Gasteiger partial charge in [-0.2, -0.15) is 5.10 Å². The third-order valence-corrected chi connectivity index (χ3v) is 2.46. The summed E-state index contributed by atoms with van der Waals surface area (Å²) in [4.78, 5) is 3.90. The largest absolute Gasteiger partial charge is 0.444 e. The summed E-state index contributed by atoms with van der Waals surface area (Å²) in [5.74, 6) is 0.775. The third-order valence-electron chi connectivity index (χ3n) is 2.46. The van der Waals surface area contributed by atoms with Crippen LogP contribution in [-0.4, -0.2) is 15.2 Å². The summed E-state index contributed by atoms with van der Waals surface area (Å²) in [6.07, 6.45) is 3.14. The summed E-state index contributed by atoms with van der Waals surface area (Å²) >= 11 is 0. The van der Waals surface area contributed by atoms with E-state index in [-0.39, 0.29) is 0 Å². The van der Waals surface area contributed by atoms with Crippen molar-refractivity contribution in [2.24, 2.45) is 0 Å². The van der Waals surface area contributed by atoms with Gasteiger partial charge in [-0.25, -0.2) is 4.98 Å². The fourth-order valence-electron chi connectivity index (χ4n) is 1.65. The van der Waals surface area contributed by atoms with Gasteiger partial charge in [0.2, 0.25) is 0 Å². The van der Waals surface area contributed by atoms with Gasteiger partial charge in [0.25, 0.3) is 0 Å². The molecule has 0 amide bonds. The SMILES string of the molecule is Cc1[nH]nc2ccc(-c3cnco3)cc12. The number of hydrogen-bond donors (Lipinski definition) is 1. The zero-order valence-corrected chi connectivity index (χ0v) is 8.19. The lowest BCUT2D eigenvalue weighted by molar-refractivity contribution is 0.572. The Morgan fingerprint density at radius 1 is 1.33 bits per heavy atom. The molecule has 0 saturated carbocycles. The highest BCUT2D eigenvalue weighted by molar-refractivity contribution is 5.85. The Labute approximate surface area is 85.9 Å². The van der Waals surface area contributed by atoms with E-state index in [1.165, 1.54) is 6.39 Å². The van der Waals surface area contributed by atoms with Gasteiger partial charge in [0.1, 0.15) is 0 Å². The van der Waals surface area contributed by atoms with Crippen LogP contribution in [0.15, 0.2) is 35.2 Å². The minimum atomic E-state index is 0.775. The molecule has 15 heavy (non-hydrogen) atoms. The fourth-order valence-corrected chi connectivity index (χ4v) is 1.65. The van der Waals surface area contributed by atoms with Crippen LogP contribution in [0.3, 0.4) is 0 Å². The van der Waals surface area contributed by atoms with Gasteiger partial charge in [-0.15, -0.1) is 0 Å². The predicted molar refractivity (Wildman–Crippen MR) is 56.3 cm³/mol. The number of hydrogen-bond acceptors (Lipinski definition) is 3. The van der Waals surface area contributed by atoms with Crippen molar-refractivity contribution >= 4 is 10.9 Å². The predicted octanol–water partition coefficient (Wildman–Crippen LogP) is 2.53. The second-order valence-corrected chi connectivity index (χ2v) is 3.45. The smallest absolute Gasteiger partial charge is 0.181 e. The Morgan fingerprint density at radius 2 is 2.27 bits per heavy atom. The molecule has 74 valence electrons. The molecule has 0 aliphatic heterocycles. The van der Waals surface area contributed by atoms with E-state index in [1.54, 1.807) is 6.20 Å². The quantitative estimate of drug-likeness (QED) is 0.655. The van der Waals surface area contributed by atoms with E-state index < -0.39 is 0 Å². The first-order chi connectivity index (χ1) is 7.34. The number of fused-ring (bicyclic) bond motifs is 1. The molecule has 0 atom stereocenters. The maximum absolute atomic E-state index is 5.24. The Kier molecular flexibility index (Phi) is 1.62. The molecule has 0 fully saturated rings. The van der Waals surface area contributed by atoms with Crippen molar-refractivity contribution in [1.29, 1.82) is 0 Å². The number of nitrogens with one attached hydrogen (secondary N) is 1. The average molecular weight is 199 g/mol. The average Bonchev–Trinajstić information content (AvgIpc) is 2.88. The number of nitrogens with zero attached hydrogens (tertiary/aromatic N) is 2. The van der Waals surface area contributed by atoms with Crippen LogP contribution in [-0.2, 0) is 0 Å². The number of benzene rings is 1. The normalized spacial score (nSPS) is 11.0. The summed E-state index contributed by atoms with van der Waals surface area (Å²) < 4.78 is 5.24. The molecule has 0 spiro atoms. The summed E-state index contributed by atoms with van der Waals surface area (Å²) in [7, 11) is 0. The second kappa shape index (κ2) is 2.95. The zero-order chi connectivity index (χ0) is 10.3. The maximum Gasteiger partial charge on any atom is 0.181 e. The van der Waals surface area contributed by atoms with E-state index in [9.17, 15) is 0 Å². The molecule has 0 saturated heterocycles. The van der Waals surface area contributed by atoms with Gasteiger partial charge in [0, 0.05) is 16.6 Å². The number of aromatic amines is 1. The summed E-state index contributed by atoms with van der Waals surface area (Å²) in [6, 6.07) is 5.99. The Hall–Kier alpha value is -2.10. The monoisotopic (exact) mass is 199 g/mol. The van der Waals surface area contributed by atoms with Crippen LogP contribution < -0.4 is 0 Å². The van der Waals surface area contributed by atoms with Gasteiger partial charge in [0.15, 0.2) is 12.2 Å². The third kappa shape index (κ3) is 1.22. The lowest BCUT2D eigenvalue weighted by Gasteiger charge is -1.95. The van der Waals surface area contributed by atoms with Gasteiger partial charge >= 0.3 is 0 Å². The molecule has 3 rings (SSSR count). The molecule has 1 N–H and O–H groups in total. The lowest BCUT2D eigenvalue weighted by atomic mass is 10.1. The number of aromatic nitrogens is 3. The first-order valence-electron chi connectivity index (χ1n) is 4.68. The van der Waals surface area contributed by atoms with Crippen molar-refractivity contribution in [3.05, 3.63) is 36.5 Å². The minimum absolute atomic E-state index is 0.775. The fraction of sp³-hybridized carbons (Fsp3) is 0.0909. The van der Waals surface area contributed by atoms with Crippen molar-refractivity contribution in [3.8, 4) is 11.3 Å². The van der Waals surface area contributed by atoms with Crippen molar-refractivity contribution in [2.75, 3.05) is 0 Å². The molecule has 1 aromatic carbocycles. The second-order valence-electron chi connectivity index (χ2n) is 3.45. The van der Waals surface area contributed by atoms with Crippen LogP contribution in [0.5, 0.6) is 0 Å². The van der Waals surface area contributed by atoms with Crippen molar-refractivity contribution < 1.29 is 4.42 Å². The van der Waals surface area contributed by atoms with Crippen molar-refractivity contribution in [2.45, 2.75) is 6.92 Å². The van der Waals surface area contributed by atoms with E-state index in [4.69, 9.17) is 4.42 Å². The van der Waals surface area contributed by atoms with Crippen LogP contribution >= 0.6 is 0 Å². The van der Waals surface area contributed by atoms with Crippen LogP contribution in [0.4, 0.5) is 0 Å². The molecule has 3 aromatic rings. The molecule has 2 aromatic heterocycles. The Bertz CT molecular complexity index is 595. The van der Waals surface area contributed by atoms with Gasteiger partial charge in [-0.3, -0.25) is 5.10 Å². The number of rotatable bonds is 1. The highest BCUT2D eigenvalue weighted by Crippen LogP contribution is 2.24. The van der Waals surface area contributed by atoms with Gasteiger partial charge in [-0.05, 0) is 25.1 Å². The first kappa shape index (κ1) is 8.23. The molecule has 0 radical (unpaired) electrons. The molecular weight excluding hydrogens is 190 g/mol. The molecule has 4 heteroatoms. The molecule has 0 bridgehead atoms. The lowest BCUT2D eigenvalue weighted by Crippen LogP contribution is -1.75. The van der Waals surface area contributed by atoms with Crippen molar-refractivity contribution in [1.82, 2.24) is 15.2 Å². The van der Waals surface area contributed by atoms with Crippen LogP contribution in [0.25, 0.3) is 22.2 Å². The van der Waals surface area contributed by atoms with E-state index in [0.717, 1.165) is 27.9 Å². The van der Waals surface area contributed by atoms with Crippen LogP contribution in [0.1, 0.15) is 5.69 Å². The van der Waals surface area contributed by atoms with E-state index in [1.807, 2.05) is 19.1 Å². The molecule has 0 unspecified atom stereocenters. The highest BCUT2D eigenvalue weighted by atomic mass is 16.3. The van der Waals surface area contributed by atoms with Crippen LogP contribution in [0.2, 0.25) is 0 Å². The summed E-state index contributed by atoms with van der Waals surface area (Å²) in [5.41, 5.74) is 3.05. The zero-order valence-electron chi connectivity index (χ0n) is 8.19. The maximum atomic E-state index is 5.24. The van der Waals surface area contributed by atoms with E-state index in [2.05, 4.69) is 21.2 Å². The summed E-state index contributed by atoms with van der Waals surface area (Å²) in [5, 5.41) is 8.24. The minimum Gasteiger partial charge on any atom is -0.444 e. The molecule has 0 aliphatic rings. The van der Waals surface area contributed by atoms with E-state index >= 15 is 0 Å². The summed E-state index contributed by atoms with van der Waals surface area (Å²) in [6.45, 7) is 2.00. The number of oxazole rings is 1. The van der Waals surface area contributed by atoms with Gasteiger partial charge < -0.3 is 4.42 Å². The number of H-pyrrole nitrogens is 1. The first-order valence-corrected chi connectivity index (χ1v) is 4.68. The van der Waals surface area contributed by atoms with Gasteiger partial charge in [-0.1, -0.05) is 0 Å². The van der Waals surface area contributed by atoms with E-state index in [0.29, 0.717) is 0 Å². The Balaban J connectivity index is 2.25. The standard InChI is InChI=1S/C11H9N3O/c1-7-9-4-8(11-5-12-6-15-11)2-3-10(9)14-13-7/h2-6H,1H3,(H,13,14).